The second-order valence-electron chi connectivity index (χ2n) is 12.8. The fourth-order valence-electron chi connectivity index (χ4n) is 7.51. The largest absolute Gasteiger partial charge is 0.452 e. The van der Waals surface area contributed by atoms with E-state index >= 15 is 0 Å². The summed E-state index contributed by atoms with van der Waals surface area (Å²) in [7, 11) is 0. The summed E-state index contributed by atoms with van der Waals surface area (Å²) in [6, 6.07) is 64.1. The van der Waals surface area contributed by atoms with Crippen LogP contribution in [0.15, 0.2) is 193 Å². The van der Waals surface area contributed by atoms with E-state index in [4.69, 9.17) is 9.40 Å². The molecule has 0 N–H and O–H groups in total. The quantitative estimate of drug-likeness (QED) is 0.179. The minimum Gasteiger partial charge on any atom is -0.452 e. The lowest BCUT2D eigenvalue weighted by molar-refractivity contribution is 0.667. The molecule has 0 fully saturated rings. The van der Waals surface area contributed by atoms with Crippen molar-refractivity contribution in [3.05, 3.63) is 188 Å². The van der Waals surface area contributed by atoms with E-state index in [1.807, 2.05) is 24.4 Å². The van der Waals surface area contributed by atoms with Crippen LogP contribution < -0.4 is 4.90 Å². The highest BCUT2D eigenvalue weighted by molar-refractivity contribution is 6.10. The number of benzene rings is 7. The zero-order valence-electron chi connectivity index (χ0n) is 27.6. The Kier molecular flexibility index (Phi) is 6.78. The predicted octanol–water partition coefficient (Wildman–Crippen LogP) is 12.9. The smallest absolute Gasteiger partial charge is 0.181 e. The van der Waals surface area contributed by atoms with Crippen LogP contribution in [0.2, 0.25) is 0 Å². The first-order valence-corrected chi connectivity index (χ1v) is 17.2. The molecular formula is C47H31N3O. The molecule has 0 radical (unpaired) electrons. The van der Waals surface area contributed by atoms with Crippen LogP contribution >= 0.6 is 0 Å². The van der Waals surface area contributed by atoms with Crippen molar-refractivity contribution in [3.8, 4) is 27.9 Å². The van der Waals surface area contributed by atoms with E-state index in [1.54, 1.807) is 0 Å². The molecule has 7 aromatic carbocycles. The molecule has 0 saturated carbocycles. The summed E-state index contributed by atoms with van der Waals surface area (Å²) in [5.41, 5.74) is 11.6. The van der Waals surface area contributed by atoms with Crippen LogP contribution in [0.5, 0.6) is 0 Å². The van der Waals surface area contributed by atoms with Gasteiger partial charge in [0, 0.05) is 44.7 Å². The third kappa shape index (κ3) is 4.80. The molecule has 0 aliphatic heterocycles. The number of para-hydroxylation sites is 4. The van der Waals surface area contributed by atoms with Crippen molar-refractivity contribution < 1.29 is 4.42 Å². The van der Waals surface area contributed by atoms with Crippen LogP contribution in [-0.4, -0.2) is 9.55 Å². The van der Waals surface area contributed by atoms with Gasteiger partial charge < -0.3 is 8.98 Å². The predicted molar refractivity (Wildman–Crippen MR) is 211 cm³/mol. The molecule has 0 amide bonds. The second-order valence-corrected chi connectivity index (χ2v) is 12.8. The molecular weight excluding hydrogens is 623 g/mol. The summed E-state index contributed by atoms with van der Waals surface area (Å²) in [5.74, 6) is 0.738. The van der Waals surface area contributed by atoms with Crippen molar-refractivity contribution in [3.63, 3.8) is 0 Å². The average molecular weight is 654 g/mol. The Labute approximate surface area is 295 Å². The molecule has 10 aromatic rings. The van der Waals surface area contributed by atoms with Gasteiger partial charge in [0.2, 0.25) is 0 Å². The van der Waals surface area contributed by atoms with Gasteiger partial charge in [0.05, 0.1) is 16.7 Å². The SMILES string of the molecule is c1ccc(-c2ccc(-c3ccccc3N(c3ccc(-n4c5ccccc5c5ccccc54)cc3)c3nccc4c3oc3ccccc34)cc2)cc1. The van der Waals surface area contributed by atoms with Crippen molar-refractivity contribution in [1.29, 1.82) is 0 Å². The Hall–Kier alpha value is -6.91. The number of rotatable bonds is 6. The van der Waals surface area contributed by atoms with Gasteiger partial charge in [-0.15, -0.1) is 0 Å². The molecule has 0 aliphatic carbocycles. The first kappa shape index (κ1) is 29.0. The topological polar surface area (TPSA) is 34.2 Å². The molecule has 0 aliphatic rings. The van der Waals surface area contributed by atoms with Crippen LogP contribution in [0.25, 0.3) is 71.7 Å². The van der Waals surface area contributed by atoms with Crippen LogP contribution in [0.1, 0.15) is 0 Å². The number of fused-ring (bicyclic) bond motifs is 6. The van der Waals surface area contributed by atoms with Gasteiger partial charge in [0.25, 0.3) is 0 Å². The van der Waals surface area contributed by atoms with Gasteiger partial charge in [-0.1, -0.05) is 127 Å². The maximum Gasteiger partial charge on any atom is 0.181 e. The number of nitrogens with zero attached hydrogens (tertiary/aromatic N) is 3. The minimum absolute atomic E-state index is 0.738. The fourth-order valence-corrected chi connectivity index (χ4v) is 7.51. The molecule has 3 aromatic heterocycles. The Balaban J connectivity index is 1.16. The molecule has 10 rings (SSSR count). The normalized spacial score (nSPS) is 11.5. The number of furan rings is 1. The van der Waals surface area contributed by atoms with Crippen molar-refractivity contribution in [2.45, 2.75) is 0 Å². The zero-order valence-corrected chi connectivity index (χ0v) is 27.6. The van der Waals surface area contributed by atoms with E-state index in [-0.39, 0.29) is 0 Å². The van der Waals surface area contributed by atoms with Gasteiger partial charge in [-0.25, -0.2) is 4.98 Å². The summed E-state index contributed by atoms with van der Waals surface area (Å²) >= 11 is 0. The first-order chi connectivity index (χ1) is 25.3. The molecule has 0 atom stereocenters. The van der Waals surface area contributed by atoms with E-state index in [0.717, 1.165) is 55.9 Å². The molecule has 0 saturated heterocycles. The standard InChI is InChI=1S/C47H31N3O/c1-2-12-32(13-3-1)33-22-24-34(25-23-33)37-14-4-8-18-42(37)50(47-46-41(30-31-48-47)40-17-7-11-21-45(40)51-46)36-28-26-35(27-29-36)49-43-19-9-5-15-38(43)39-16-6-10-20-44(39)49/h1-31H. The number of hydrogen-bond donors (Lipinski definition) is 0. The van der Waals surface area contributed by atoms with Crippen molar-refractivity contribution in [2.24, 2.45) is 0 Å². The zero-order chi connectivity index (χ0) is 33.7. The van der Waals surface area contributed by atoms with Crippen LogP contribution in [0.4, 0.5) is 17.2 Å². The van der Waals surface area contributed by atoms with Gasteiger partial charge in [0.15, 0.2) is 11.4 Å². The molecule has 0 bridgehead atoms. The Morgan fingerprint density at radius 3 is 1.78 bits per heavy atom. The van der Waals surface area contributed by atoms with Crippen molar-refractivity contribution in [2.75, 3.05) is 4.90 Å². The second kappa shape index (κ2) is 11.9. The average Bonchev–Trinajstić information content (AvgIpc) is 3.76. The number of pyridine rings is 1. The van der Waals surface area contributed by atoms with Crippen LogP contribution in [0, 0.1) is 0 Å². The van der Waals surface area contributed by atoms with E-state index in [0.29, 0.717) is 0 Å². The highest BCUT2D eigenvalue weighted by Crippen LogP contribution is 2.44. The highest BCUT2D eigenvalue weighted by Gasteiger charge is 2.23. The first-order valence-electron chi connectivity index (χ1n) is 17.2. The van der Waals surface area contributed by atoms with E-state index in [2.05, 4.69) is 173 Å². The Morgan fingerprint density at radius 2 is 1.04 bits per heavy atom. The van der Waals surface area contributed by atoms with Crippen LogP contribution in [0.3, 0.4) is 0 Å². The molecule has 0 unspecified atom stereocenters. The molecule has 4 nitrogen and oxygen atoms in total. The third-order valence-electron chi connectivity index (χ3n) is 9.88. The van der Waals surface area contributed by atoms with E-state index in [1.165, 1.54) is 32.9 Å². The fraction of sp³-hybridized carbons (Fsp3) is 0. The van der Waals surface area contributed by atoms with Gasteiger partial charge in [-0.3, -0.25) is 4.90 Å². The van der Waals surface area contributed by atoms with Gasteiger partial charge in [-0.2, -0.15) is 0 Å². The maximum atomic E-state index is 6.59. The lowest BCUT2D eigenvalue weighted by Crippen LogP contribution is -2.13. The Morgan fingerprint density at radius 1 is 0.451 bits per heavy atom. The third-order valence-corrected chi connectivity index (χ3v) is 9.88. The monoisotopic (exact) mass is 653 g/mol. The maximum absolute atomic E-state index is 6.59. The van der Waals surface area contributed by atoms with Crippen molar-refractivity contribution in [1.82, 2.24) is 9.55 Å². The minimum atomic E-state index is 0.738. The van der Waals surface area contributed by atoms with E-state index < -0.39 is 0 Å². The van der Waals surface area contributed by atoms with Crippen LogP contribution in [-0.2, 0) is 0 Å². The summed E-state index contributed by atoms with van der Waals surface area (Å²) in [6.07, 6.45) is 1.89. The number of hydrogen-bond acceptors (Lipinski definition) is 3. The number of aromatic nitrogens is 2. The lowest BCUT2D eigenvalue weighted by Gasteiger charge is -2.27. The molecule has 4 heteroatoms. The van der Waals surface area contributed by atoms with Gasteiger partial charge in [0.1, 0.15) is 5.58 Å². The molecule has 3 heterocycles. The number of anilines is 3. The van der Waals surface area contributed by atoms with Gasteiger partial charge in [-0.05, 0) is 71.3 Å². The van der Waals surface area contributed by atoms with Gasteiger partial charge >= 0.3 is 0 Å². The lowest BCUT2D eigenvalue weighted by atomic mass is 9.98. The molecule has 240 valence electrons. The summed E-state index contributed by atoms with van der Waals surface area (Å²) in [5, 5.41) is 4.59. The molecule has 0 spiro atoms. The summed E-state index contributed by atoms with van der Waals surface area (Å²) < 4.78 is 8.94. The summed E-state index contributed by atoms with van der Waals surface area (Å²) in [6.45, 7) is 0. The summed E-state index contributed by atoms with van der Waals surface area (Å²) in [4.78, 5) is 7.26. The highest BCUT2D eigenvalue weighted by atomic mass is 16.3. The molecule has 51 heavy (non-hydrogen) atoms. The van der Waals surface area contributed by atoms with Crippen molar-refractivity contribution >= 4 is 60.9 Å². The Bertz CT molecular complexity index is 2800. The van der Waals surface area contributed by atoms with E-state index in [9.17, 15) is 0 Å².